The zero-order valence-electron chi connectivity index (χ0n) is 17.4. The van der Waals surface area contributed by atoms with Crippen molar-refractivity contribution in [3.63, 3.8) is 0 Å². The maximum absolute atomic E-state index is 11.4. The third kappa shape index (κ3) is 12.6. The molecule has 6 heteroatoms. The second-order valence-electron chi connectivity index (χ2n) is 6.66. The number of unbranched alkanes of at least 4 members (excludes halogenated alkanes) is 4. The van der Waals surface area contributed by atoms with Crippen molar-refractivity contribution < 1.29 is 22.8 Å². The summed E-state index contributed by atoms with van der Waals surface area (Å²) in [6.07, 6.45) is 7.94. The summed E-state index contributed by atoms with van der Waals surface area (Å²) in [6, 6.07) is 0.773. The molecule has 0 saturated heterocycles. The van der Waals surface area contributed by atoms with Crippen molar-refractivity contribution in [2.75, 3.05) is 26.4 Å². The summed E-state index contributed by atoms with van der Waals surface area (Å²) < 4.78 is 23.8. The lowest BCUT2D eigenvalue weighted by Crippen LogP contribution is -2.46. The fourth-order valence-corrected chi connectivity index (χ4v) is 4.92. The predicted molar refractivity (Wildman–Crippen MR) is 108 cm³/mol. The Morgan fingerprint density at radius 2 is 1.23 bits per heavy atom. The third-order valence-electron chi connectivity index (χ3n) is 3.92. The molecule has 0 bridgehead atoms. The van der Waals surface area contributed by atoms with Gasteiger partial charge in [-0.1, -0.05) is 46.6 Å². The van der Waals surface area contributed by atoms with E-state index in [-0.39, 0.29) is 5.97 Å². The molecule has 0 fully saturated rings. The van der Waals surface area contributed by atoms with Gasteiger partial charge in [0.05, 0.1) is 6.61 Å². The van der Waals surface area contributed by atoms with Gasteiger partial charge in [-0.2, -0.15) is 0 Å². The summed E-state index contributed by atoms with van der Waals surface area (Å²) in [5, 5.41) is 0. The summed E-state index contributed by atoms with van der Waals surface area (Å²) in [7, 11) is -2.66. The van der Waals surface area contributed by atoms with Gasteiger partial charge in [-0.25, -0.2) is 4.79 Å². The molecular weight excluding hydrogens is 348 g/mol. The first kappa shape index (κ1) is 25.3. The SMILES string of the molecule is C=C(C)C(=O)OCCCC[Si](OCCCC)(OCCCC)OCCCC. The Bertz CT molecular complexity index is 347. The summed E-state index contributed by atoms with van der Waals surface area (Å²) in [5.74, 6) is -0.328. The largest absolute Gasteiger partial charge is 0.500 e. The lowest BCUT2D eigenvalue weighted by Gasteiger charge is -2.30. The van der Waals surface area contributed by atoms with E-state index in [0.717, 1.165) is 57.4 Å². The molecule has 26 heavy (non-hydrogen) atoms. The van der Waals surface area contributed by atoms with Gasteiger partial charge in [0.2, 0.25) is 0 Å². The molecule has 5 nitrogen and oxygen atoms in total. The van der Waals surface area contributed by atoms with Crippen LogP contribution in [0.5, 0.6) is 0 Å². The van der Waals surface area contributed by atoms with Crippen molar-refractivity contribution in [2.45, 2.75) is 85.1 Å². The average molecular weight is 389 g/mol. The van der Waals surface area contributed by atoms with Crippen LogP contribution in [0.2, 0.25) is 6.04 Å². The maximum Gasteiger partial charge on any atom is 0.500 e. The molecule has 0 heterocycles. The highest BCUT2D eigenvalue weighted by atomic mass is 28.4. The molecule has 154 valence electrons. The number of hydrogen-bond acceptors (Lipinski definition) is 5. The van der Waals surface area contributed by atoms with Crippen molar-refractivity contribution in [1.29, 1.82) is 0 Å². The van der Waals surface area contributed by atoms with Crippen molar-refractivity contribution in [1.82, 2.24) is 0 Å². The van der Waals surface area contributed by atoms with Crippen LogP contribution in [0.1, 0.15) is 79.1 Å². The Morgan fingerprint density at radius 3 is 1.62 bits per heavy atom. The Balaban J connectivity index is 4.60. The number of esters is 1. The maximum atomic E-state index is 11.4. The molecule has 0 aromatic carbocycles. The van der Waals surface area contributed by atoms with Gasteiger partial charge in [0.15, 0.2) is 0 Å². The van der Waals surface area contributed by atoms with E-state index in [0.29, 0.717) is 32.0 Å². The summed E-state index contributed by atoms with van der Waals surface area (Å²) in [6.45, 7) is 14.2. The van der Waals surface area contributed by atoms with Crippen molar-refractivity contribution in [3.8, 4) is 0 Å². The molecule has 0 aliphatic carbocycles. The molecule has 0 saturated carbocycles. The first-order chi connectivity index (χ1) is 12.5. The van der Waals surface area contributed by atoms with Gasteiger partial charge in [0, 0.05) is 31.4 Å². The normalized spacial score (nSPS) is 11.5. The van der Waals surface area contributed by atoms with E-state index in [4.69, 9.17) is 18.0 Å². The average Bonchev–Trinajstić information content (AvgIpc) is 2.61. The van der Waals surface area contributed by atoms with Crippen LogP contribution in [0.15, 0.2) is 12.2 Å². The van der Waals surface area contributed by atoms with Crippen LogP contribution in [0.3, 0.4) is 0 Å². The van der Waals surface area contributed by atoms with Crippen LogP contribution >= 0.6 is 0 Å². The van der Waals surface area contributed by atoms with E-state index in [1.165, 1.54) is 0 Å². The lowest BCUT2D eigenvalue weighted by molar-refractivity contribution is -0.139. The quantitative estimate of drug-likeness (QED) is 0.138. The molecule has 0 unspecified atom stereocenters. The molecule has 0 aliphatic rings. The summed E-state index contributed by atoms with van der Waals surface area (Å²) in [4.78, 5) is 11.4. The Kier molecular flexibility index (Phi) is 16.0. The minimum atomic E-state index is -2.66. The van der Waals surface area contributed by atoms with Crippen molar-refractivity contribution in [3.05, 3.63) is 12.2 Å². The predicted octanol–water partition coefficient (Wildman–Crippen LogP) is 5.27. The second-order valence-corrected chi connectivity index (χ2v) is 9.39. The monoisotopic (exact) mass is 388 g/mol. The minimum absolute atomic E-state index is 0.328. The molecule has 0 radical (unpaired) electrons. The number of hydrogen-bond donors (Lipinski definition) is 0. The highest BCUT2D eigenvalue weighted by Crippen LogP contribution is 2.21. The van der Waals surface area contributed by atoms with Crippen molar-refractivity contribution in [2.24, 2.45) is 0 Å². The van der Waals surface area contributed by atoms with Gasteiger partial charge < -0.3 is 18.0 Å². The van der Waals surface area contributed by atoms with E-state index >= 15 is 0 Å². The van der Waals surface area contributed by atoms with Gasteiger partial charge in [-0.3, -0.25) is 0 Å². The second kappa shape index (κ2) is 16.5. The van der Waals surface area contributed by atoms with Crippen LogP contribution in [-0.2, 0) is 22.8 Å². The van der Waals surface area contributed by atoms with E-state index in [1.807, 2.05) is 0 Å². The van der Waals surface area contributed by atoms with Crippen LogP contribution in [0, 0.1) is 0 Å². The Labute approximate surface area is 161 Å². The van der Waals surface area contributed by atoms with Gasteiger partial charge in [-0.05, 0) is 39.0 Å². The highest BCUT2D eigenvalue weighted by molar-refractivity contribution is 6.60. The van der Waals surface area contributed by atoms with Gasteiger partial charge in [0.25, 0.3) is 0 Å². The molecule has 0 spiro atoms. The molecule has 0 aliphatic heterocycles. The number of carbonyl (C=O) groups is 1. The zero-order chi connectivity index (χ0) is 19.7. The van der Waals surface area contributed by atoms with E-state index in [9.17, 15) is 4.79 Å². The van der Waals surface area contributed by atoms with Crippen LogP contribution < -0.4 is 0 Å². The zero-order valence-corrected chi connectivity index (χ0v) is 18.4. The molecule has 0 aromatic heterocycles. The first-order valence-corrected chi connectivity index (χ1v) is 12.2. The van der Waals surface area contributed by atoms with E-state index < -0.39 is 8.80 Å². The summed E-state index contributed by atoms with van der Waals surface area (Å²) >= 11 is 0. The van der Waals surface area contributed by atoms with Crippen LogP contribution in [0.4, 0.5) is 0 Å². The number of ether oxygens (including phenoxy) is 1. The summed E-state index contributed by atoms with van der Waals surface area (Å²) in [5.41, 5.74) is 0.433. The Morgan fingerprint density at radius 1 is 0.769 bits per heavy atom. The third-order valence-corrected chi connectivity index (χ3v) is 6.82. The first-order valence-electron chi connectivity index (χ1n) is 10.3. The molecule has 0 N–H and O–H groups in total. The molecule has 0 aromatic rings. The van der Waals surface area contributed by atoms with Gasteiger partial charge >= 0.3 is 14.8 Å². The fraction of sp³-hybridized carbons (Fsp3) is 0.850. The smallest absolute Gasteiger partial charge is 0.462 e. The van der Waals surface area contributed by atoms with E-state index in [1.54, 1.807) is 6.92 Å². The Hall–Kier alpha value is -0.693. The number of carbonyl (C=O) groups excluding carboxylic acids is 1. The van der Waals surface area contributed by atoms with Gasteiger partial charge in [0.1, 0.15) is 0 Å². The minimum Gasteiger partial charge on any atom is -0.462 e. The number of rotatable bonds is 18. The van der Waals surface area contributed by atoms with Crippen LogP contribution in [0.25, 0.3) is 0 Å². The highest BCUT2D eigenvalue weighted by Gasteiger charge is 2.40. The lowest BCUT2D eigenvalue weighted by atomic mass is 10.3. The topological polar surface area (TPSA) is 54.0 Å². The van der Waals surface area contributed by atoms with E-state index in [2.05, 4.69) is 27.4 Å². The molecular formula is C20H40O5Si. The standard InChI is InChI=1S/C20H40O5Si/c1-6-9-15-23-26(24-16-10-7-2,25-17-11-8-3)18-13-12-14-22-20(21)19(4)5/h4,6-18H2,1-3,5H3. The van der Waals surface area contributed by atoms with Crippen LogP contribution in [-0.4, -0.2) is 41.2 Å². The molecule has 0 rings (SSSR count). The van der Waals surface area contributed by atoms with Crippen molar-refractivity contribution >= 4 is 14.8 Å². The molecule has 0 atom stereocenters. The van der Waals surface area contributed by atoms with Gasteiger partial charge in [-0.15, -0.1) is 0 Å². The fourth-order valence-electron chi connectivity index (χ4n) is 2.19. The molecule has 0 amide bonds.